The molecule has 2 nitrogen and oxygen atoms in total. The van der Waals surface area contributed by atoms with E-state index >= 15 is 0 Å². The predicted octanol–water partition coefficient (Wildman–Crippen LogP) is 9.40. The quantitative estimate of drug-likeness (QED) is 0.173. The lowest BCUT2D eigenvalue weighted by molar-refractivity contribution is 1.18. The molecule has 0 amide bonds. The minimum absolute atomic E-state index is 0.0131. The van der Waals surface area contributed by atoms with Crippen LogP contribution in [-0.2, 0) is 0 Å². The van der Waals surface area contributed by atoms with E-state index < -0.39 is 0 Å². The first-order valence-electron chi connectivity index (χ1n) is 16.0. The van der Waals surface area contributed by atoms with E-state index in [1.165, 1.54) is 104 Å². The van der Waals surface area contributed by atoms with Crippen LogP contribution in [0.1, 0.15) is 22.3 Å². The molecule has 212 valence electrons. The molecule has 1 aliphatic rings. The van der Waals surface area contributed by atoms with Crippen LogP contribution in [0.4, 0.5) is 0 Å². The zero-order valence-corrected chi connectivity index (χ0v) is 25.9. The molecule has 0 bridgehead atoms. The normalized spacial score (nSPS) is 12.8. The smallest absolute Gasteiger partial charge is 0.332 e. The molecule has 7 aromatic carbocycles. The number of fused-ring (bicyclic) bond motifs is 12. The van der Waals surface area contributed by atoms with Crippen LogP contribution in [0.5, 0.6) is 0 Å². The molecule has 45 heavy (non-hydrogen) atoms. The zero-order chi connectivity index (χ0) is 30.1. The van der Waals surface area contributed by atoms with Crippen molar-refractivity contribution in [3.05, 3.63) is 138 Å². The van der Waals surface area contributed by atoms with E-state index in [4.69, 9.17) is 0 Å². The van der Waals surface area contributed by atoms with Gasteiger partial charge in [0.2, 0.25) is 0 Å². The highest BCUT2D eigenvalue weighted by Crippen LogP contribution is 2.42. The van der Waals surface area contributed by atoms with Crippen LogP contribution in [0.15, 0.2) is 115 Å². The number of benzene rings is 7. The van der Waals surface area contributed by atoms with Crippen molar-refractivity contribution in [2.24, 2.45) is 0 Å². The molecule has 2 aromatic heterocycles. The summed E-state index contributed by atoms with van der Waals surface area (Å²) in [5.74, 6) is 0. The SMILES string of the molecule is Cc1cc(C)c2c(c1)c1cc(C)cc(C)c1n2B1c2ccccc2-n2c3ccc4ccccc4c3c3c4ccccc4cc1c32. The van der Waals surface area contributed by atoms with Crippen molar-refractivity contribution in [3.63, 3.8) is 0 Å². The summed E-state index contributed by atoms with van der Waals surface area (Å²) in [4.78, 5) is 0. The van der Waals surface area contributed by atoms with Crippen molar-refractivity contribution in [1.29, 1.82) is 0 Å². The maximum absolute atomic E-state index is 2.69. The van der Waals surface area contributed by atoms with Crippen LogP contribution in [-0.4, -0.2) is 15.9 Å². The molecule has 0 spiro atoms. The summed E-state index contributed by atoms with van der Waals surface area (Å²) in [6.45, 7) is 9.05. The largest absolute Gasteiger partial charge is 0.375 e. The monoisotopic (exact) mass is 574 g/mol. The van der Waals surface area contributed by atoms with Crippen LogP contribution in [0, 0.1) is 27.7 Å². The second kappa shape index (κ2) is 8.67. The van der Waals surface area contributed by atoms with Gasteiger partial charge in [0.25, 0.3) is 0 Å². The third-order valence-electron chi connectivity index (χ3n) is 10.4. The molecule has 0 fully saturated rings. The minimum atomic E-state index is 0.0131. The van der Waals surface area contributed by atoms with Crippen molar-refractivity contribution in [2.75, 3.05) is 0 Å². The van der Waals surface area contributed by atoms with Gasteiger partial charge in [-0.3, -0.25) is 0 Å². The number of aromatic nitrogens is 2. The average Bonchev–Trinajstić information content (AvgIpc) is 3.56. The Morgan fingerprint density at radius 3 is 1.78 bits per heavy atom. The molecule has 0 radical (unpaired) electrons. The number of hydrogen-bond donors (Lipinski definition) is 0. The summed E-state index contributed by atoms with van der Waals surface area (Å²) >= 11 is 0. The fraction of sp³-hybridized carbons (Fsp3) is 0.0952. The first kappa shape index (κ1) is 25.1. The molecule has 0 aliphatic carbocycles. The predicted molar refractivity (Wildman–Crippen MR) is 195 cm³/mol. The summed E-state index contributed by atoms with van der Waals surface area (Å²) in [7, 11) is 0. The first-order valence-corrected chi connectivity index (χ1v) is 16.0. The van der Waals surface area contributed by atoms with E-state index in [0.717, 1.165) is 0 Å². The van der Waals surface area contributed by atoms with Crippen molar-refractivity contribution < 1.29 is 0 Å². The van der Waals surface area contributed by atoms with Gasteiger partial charge in [-0.1, -0.05) is 102 Å². The van der Waals surface area contributed by atoms with Gasteiger partial charge in [0, 0.05) is 38.3 Å². The van der Waals surface area contributed by atoms with Crippen LogP contribution >= 0.6 is 0 Å². The summed E-state index contributed by atoms with van der Waals surface area (Å²) in [6.07, 6.45) is 0. The van der Waals surface area contributed by atoms with Gasteiger partial charge in [0.1, 0.15) is 0 Å². The summed E-state index contributed by atoms with van der Waals surface area (Å²) < 4.78 is 5.25. The van der Waals surface area contributed by atoms with E-state index in [-0.39, 0.29) is 6.85 Å². The molecule has 0 N–H and O–H groups in total. The van der Waals surface area contributed by atoms with E-state index in [2.05, 4.69) is 152 Å². The highest BCUT2D eigenvalue weighted by Gasteiger charge is 2.37. The fourth-order valence-electron chi connectivity index (χ4n) is 8.85. The van der Waals surface area contributed by atoms with E-state index in [1.54, 1.807) is 0 Å². The van der Waals surface area contributed by atoms with Crippen molar-refractivity contribution >= 4 is 82.9 Å². The lowest BCUT2D eigenvalue weighted by atomic mass is 9.48. The average molecular weight is 575 g/mol. The molecule has 1 aliphatic heterocycles. The Hall–Kier alpha value is -5.28. The molecular weight excluding hydrogens is 543 g/mol. The maximum atomic E-state index is 2.69. The number of nitrogens with zero attached hydrogens (tertiary/aromatic N) is 2. The summed E-state index contributed by atoms with van der Waals surface area (Å²) in [5, 5.41) is 10.6. The highest BCUT2D eigenvalue weighted by atomic mass is 15.0. The lowest BCUT2D eigenvalue weighted by Gasteiger charge is -2.29. The Morgan fingerprint density at radius 2 is 1.07 bits per heavy atom. The molecular formula is C42H31BN2. The molecule has 0 unspecified atom stereocenters. The first-order chi connectivity index (χ1) is 22.0. The van der Waals surface area contributed by atoms with Crippen molar-refractivity contribution in [2.45, 2.75) is 27.7 Å². The van der Waals surface area contributed by atoms with Gasteiger partial charge in [0.15, 0.2) is 0 Å². The number of para-hydroxylation sites is 1. The molecule has 9 aromatic rings. The van der Waals surface area contributed by atoms with Gasteiger partial charge in [-0.25, -0.2) is 0 Å². The molecule has 0 saturated carbocycles. The maximum Gasteiger partial charge on any atom is 0.332 e. The third kappa shape index (κ3) is 3.15. The standard InChI is InChI=1S/C42H31BN2/c1-24-19-26(3)40-32(21-24)33-22-25(2)20-27(4)41(33)45(40)43-34-15-9-10-16-36(34)44-37-18-17-28-11-5-7-13-30(28)38(37)39-31-14-8-6-12-29(31)23-35(43)42(39)44/h5-23H,1-4H3. The van der Waals surface area contributed by atoms with Crippen molar-refractivity contribution in [1.82, 2.24) is 9.05 Å². The van der Waals surface area contributed by atoms with Gasteiger partial charge in [0.05, 0.1) is 11.0 Å². The highest BCUT2D eigenvalue weighted by molar-refractivity contribution is 6.88. The van der Waals surface area contributed by atoms with E-state index in [9.17, 15) is 0 Å². The summed E-state index contributed by atoms with van der Waals surface area (Å²) in [5.41, 5.74) is 14.5. The molecule has 3 heteroatoms. The molecule has 0 saturated heterocycles. The minimum Gasteiger partial charge on any atom is -0.375 e. The fourth-order valence-corrected chi connectivity index (χ4v) is 8.85. The molecule has 3 heterocycles. The van der Waals surface area contributed by atoms with Crippen LogP contribution in [0.25, 0.3) is 70.8 Å². The van der Waals surface area contributed by atoms with Crippen LogP contribution < -0.4 is 10.9 Å². The number of aryl methyl sites for hydroxylation is 4. The number of hydrogen-bond acceptors (Lipinski definition) is 0. The van der Waals surface area contributed by atoms with Gasteiger partial charge < -0.3 is 9.05 Å². The second-order valence-electron chi connectivity index (χ2n) is 13.2. The van der Waals surface area contributed by atoms with Crippen molar-refractivity contribution in [3.8, 4) is 5.69 Å². The molecule has 10 rings (SSSR count). The summed E-state index contributed by atoms with van der Waals surface area (Å²) in [6, 6.07) is 43.6. The van der Waals surface area contributed by atoms with Gasteiger partial charge in [-0.15, -0.1) is 0 Å². The Kier molecular flexibility index (Phi) is 4.83. The van der Waals surface area contributed by atoms with Gasteiger partial charge in [-0.05, 0) is 95.6 Å². The van der Waals surface area contributed by atoms with Gasteiger partial charge >= 0.3 is 6.85 Å². The van der Waals surface area contributed by atoms with Gasteiger partial charge in [-0.2, -0.15) is 0 Å². The second-order valence-corrected chi connectivity index (χ2v) is 13.2. The Morgan fingerprint density at radius 1 is 0.467 bits per heavy atom. The molecule has 0 atom stereocenters. The van der Waals surface area contributed by atoms with Crippen LogP contribution in [0.3, 0.4) is 0 Å². The Labute approximate surface area is 262 Å². The third-order valence-corrected chi connectivity index (χ3v) is 10.4. The number of rotatable bonds is 1. The Bertz CT molecular complexity index is 2690. The van der Waals surface area contributed by atoms with E-state index in [0.29, 0.717) is 0 Å². The van der Waals surface area contributed by atoms with Crippen LogP contribution in [0.2, 0.25) is 0 Å². The zero-order valence-electron chi connectivity index (χ0n) is 25.9. The lowest BCUT2D eigenvalue weighted by Crippen LogP contribution is -2.53. The van der Waals surface area contributed by atoms with E-state index in [1.807, 2.05) is 0 Å². The topological polar surface area (TPSA) is 9.86 Å². The Balaban J connectivity index is 1.49.